The van der Waals surface area contributed by atoms with Crippen LogP contribution in [0.3, 0.4) is 0 Å². The Balaban J connectivity index is 1.88. The lowest BCUT2D eigenvalue weighted by molar-refractivity contribution is -0.122. The normalized spacial score (nSPS) is 17.7. The molecule has 2 rings (SSSR count). The summed E-state index contributed by atoms with van der Waals surface area (Å²) in [5.74, 6) is 0.793. The lowest BCUT2D eigenvalue weighted by Gasteiger charge is -2.17. The number of hydrogen-bond acceptors (Lipinski definition) is 1. The maximum Gasteiger partial charge on any atom is 0.220 e. The number of halogens is 1. The SMILES string of the molecule is CC(NC(=O)CC1CCCC1)c1ccccc1Br. The highest BCUT2D eigenvalue weighted by Crippen LogP contribution is 2.28. The number of nitrogens with one attached hydrogen (secondary N) is 1. The Hall–Kier alpha value is -0.830. The predicted octanol–water partition coefficient (Wildman–Crippen LogP) is 4.21. The van der Waals surface area contributed by atoms with Gasteiger partial charge in [-0.3, -0.25) is 4.79 Å². The summed E-state index contributed by atoms with van der Waals surface area (Å²) in [7, 11) is 0. The molecule has 0 bridgehead atoms. The molecule has 0 aromatic heterocycles. The highest BCUT2D eigenvalue weighted by Gasteiger charge is 2.19. The first-order chi connectivity index (χ1) is 8.66. The topological polar surface area (TPSA) is 29.1 Å². The Morgan fingerprint density at radius 3 is 2.72 bits per heavy atom. The molecule has 18 heavy (non-hydrogen) atoms. The molecule has 1 aromatic rings. The smallest absolute Gasteiger partial charge is 0.220 e. The maximum absolute atomic E-state index is 12.0. The van der Waals surface area contributed by atoms with Gasteiger partial charge in [0.15, 0.2) is 0 Å². The fraction of sp³-hybridized carbons (Fsp3) is 0.533. The summed E-state index contributed by atoms with van der Waals surface area (Å²) in [5, 5.41) is 3.09. The van der Waals surface area contributed by atoms with Gasteiger partial charge in [-0.25, -0.2) is 0 Å². The second-order valence-corrected chi connectivity index (χ2v) is 6.02. The van der Waals surface area contributed by atoms with E-state index in [0.717, 1.165) is 10.0 Å². The van der Waals surface area contributed by atoms with Crippen LogP contribution < -0.4 is 5.32 Å². The summed E-state index contributed by atoms with van der Waals surface area (Å²) in [4.78, 5) is 12.0. The molecule has 1 aliphatic rings. The first-order valence-electron chi connectivity index (χ1n) is 6.70. The van der Waals surface area contributed by atoms with Crippen molar-refractivity contribution in [2.75, 3.05) is 0 Å². The molecule has 3 heteroatoms. The lowest BCUT2D eigenvalue weighted by atomic mass is 10.0. The molecular weight excluding hydrogens is 290 g/mol. The molecule has 2 nitrogen and oxygen atoms in total. The number of hydrogen-bond donors (Lipinski definition) is 1. The third kappa shape index (κ3) is 3.58. The van der Waals surface area contributed by atoms with Crippen LogP contribution in [0.2, 0.25) is 0 Å². The summed E-state index contributed by atoms with van der Waals surface area (Å²) in [6.07, 6.45) is 5.71. The maximum atomic E-state index is 12.0. The summed E-state index contributed by atoms with van der Waals surface area (Å²) >= 11 is 3.52. The fourth-order valence-corrected chi connectivity index (χ4v) is 3.31. The summed E-state index contributed by atoms with van der Waals surface area (Å²) in [6.45, 7) is 2.03. The van der Waals surface area contributed by atoms with E-state index in [2.05, 4.69) is 21.2 Å². The molecular formula is C15H20BrNO. The van der Waals surface area contributed by atoms with Crippen LogP contribution in [0.4, 0.5) is 0 Å². The minimum atomic E-state index is 0.0643. The standard InChI is InChI=1S/C15H20BrNO/c1-11(13-8-4-5-9-14(13)16)17-15(18)10-12-6-2-3-7-12/h4-5,8-9,11-12H,2-3,6-7,10H2,1H3,(H,17,18). The Labute approximate surface area is 117 Å². The molecule has 1 unspecified atom stereocenters. The van der Waals surface area contributed by atoms with Gasteiger partial charge in [-0.05, 0) is 37.3 Å². The van der Waals surface area contributed by atoms with E-state index in [4.69, 9.17) is 0 Å². The average molecular weight is 310 g/mol. The molecule has 1 amide bonds. The van der Waals surface area contributed by atoms with Gasteiger partial charge in [0.1, 0.15) is 0 Å². The van der Waals surface area contributed by atoms with Gasteiger partial charge in [0.25, 0.3) is 0 Å². The van der Waals surface area contributed by atoms with E-state index in [1.54, 1.807) is 0 Å². The van der Waals surface area contributed by atoms with E-state index in [-0.39, 0.29) is 11.9 Å². The lowest BCUT2D eigenvalue weighted by Crippen LogP contribution is -2.28. The predicted molar refractivity (Wildman–Crippen MR) is 77.3 cm³/mol. The van der Waals surface area contributed by atoms with Crippen LogP contribution in [0.1, 0.15) is 50.6 Å². The van der Waals surface area contributed by atoms with Crippen molar-refractivity contribution in [2.45, 2.75) is 45.1 Å². The monoisotopic (exact) mass is 309 g/mol. The first kappa shape index (κ1) is 13.6. The van der Waals surface area contributed by atoms with Crippen molar-refractivity contribution in [2.24, 2.45) is 5.92 Å². The third-order valence-electron chi connectivity index (χ3n) is 3.70. The number of amides is 1. The van der Waals surface area contributed by atoms with E-state index >= 15 is 0 Å². The Bertz CT molecular complexity index is 413. The van der Waals surface area contributed by atoms with Crippen LogP contribution in [0.25, 0.3) is 0 Å². The molecule has 98 valence electrons. The second kappa shape index (κ2) is 6.37. The quantitative estimate of drug-likeness (QED) is 0.887. The van der Waals surface area contributed by atoms with Gasteiger partial charge in [0.05, 0.1) is 6.04 Å². The van der Waals surface area contributed by atoms with Crippen molar-refractivity contribution in [3.8, 4) is 0 Å². The van der Waals surface area contributed by atoms with Gasteiger partial charge in [-0.1, -0.05) is 47.0 Å². The Morgan fingerprint density at radius 1 is 1.39 bits per heavy atom. The second-order valence-electron chi connectivity index (χ2n) is 5.17. The van der Waals surface area contributed by atoms with Crippen molar-refractivity contribution in [3.05, 3.63) is 34.3 Å². The van der Waals surface area contributed by atoms with E-state index in [1.165, 1.54) is 25.7 Å². The average Bonchev–Trinajstić information content (AvgIpc) is 2.82. The van der Waals surface area contributed by atoms with Gasteiger partial charge < -0.3 is 5.32 Å². The number of carbonyl (C=O) groups is 1. The van der Waals surface area contributed by atoms with Crippen LogP contribution in [-0.2, 0) is 4.79 Å². The first-order valence-corrected chi connectivity index (χ1v) is 7.50. The number of carbonyl (C=O) groups excluding carboxylic acids is 1. The van der Waals surface area contributed by atoms with Gasteiger partial charge in [0.2, 0.25) is 5.91 Å². The molecule has 1 aliphatic carbocycles. The Kier molecular flexibility index (Phi) is 4.81. The van der Waals surface area contributed by atoms with Crippen LogP contribution >= 0.6 is 15.9 Å². The molecule has 1 N–H and O–H groups in total. The minimum Gasteiger partial charge on any atom is -0.350 e. The number of benzene rings is 1. The zero-order valence-corrected chi connectivity index (χ0v) is 12.4. The van der Waals surface area contributed by atoms with Crippen LogP contribution in [0, 0.1) is 5.92 Å². The largest absolute Gasteiger partial charge is 0.350 e. The highest BCUT2D eigenvalue weighted by atomic mass is 79.9. The zero-order valence-electron chi connectivity index (χ0n) is 10.8. The fourth-order valence-electron chi connectivity index (χ4n) is 2.68. The summed E-state index contributed by atoms with van der Waals surface area (Å²) in [5.41, 5.74) is 1.14. The molecule has 0 saturated heterocycles. The van der Waals surface area contributed by atoms with E-state index in [1.807, 2.05) is 31.2 Å². The zero-order chi connectivity index (χ0) is 13.0. The van der Waals surface area contributed by atoms with Gasteiger partial charge in [0, 0.05) is 10.9 Å². The molecule has 1 atom stereocenters. The van der Waals surface area contributed by atoms with E-state index in [9.17, 15) is 4.79 Å². The van der Waals surface area contributed by atoms with Crippen molar-refractivity contribution in [3.63, 3.8) is 0 Å². The van der Waals surface area contributed by atoms with Crippen LogP contribution in [0.15, 0.2) is 28.7 Å². The Morgan fingerprint density at radius 2 is 2.06 bits per heavy atom. The minimum absolute atomic E-state index is 0.0643. The van der Waals surface area contributed by atoms with Gasteiger partial charge in [-0.2, -0.15) is 0 Å². The molecule has 1 fully saturated rings. The number of rotatable bonds is 4. The summed E-state index contributed by atoms with van der Waals surface area (Å²) < 4.78 is 1.05. The van der Waals surface area contributed by atoms with Crippen LogP contribution in [-0.4, -0.2) is 5.91 Å². The van der Waals surface area contributed by atoms with Crippen molar-refractivity contribution >= 4 is 21.8 Å². The van der Waals surface area contributed by atoms with Gasteiger partial charge >= 0.3 is 0 Å². The van der Waals surface area contributed by atoms with Crippen LogP contribution in [0.5, 0.6) is 0 Å². The van der Waals surface area contributed by atoms with Crippen molar-refractivity contribution < 1.29 is 4.79 Å². The van der Waals surface area contributed by atoms with Crippen molar-refractivity contribution in [1.29, 1.82) is 0 Å². The highest BCUT2D eigenvalue weighted by molar-refractivity contribution is 9.10. The van der Waals surface area contributed by atoms with E-state index < -0.39 is 0 Å². The van der Waals surface area contributed by atoms with Crippen molar-refractivity contribution in [1.82, 2.24) is 5.32 Å². The van der Waals surface area contributed by atoms with Gasteiger partial charge in [-0.15, -0.1) is 0 Å². The molecule has 0 heterocycles. The molecule has 0 radical (unpaired) electrons. The molecule has 1 saturated carbocycles. The molecule has 1 aromatic carbocycles. The molecule has 0 aliphatic heterocycles. The molecule has 0 spiro atoms. The summed E-state index contributed by atoms with van der Waals surface area (Å²) in [6, 6.07) is 8.11. The third-order valence-corrected chi connectivity index (χ3v) is 4.42. The van der Waals surface area contributed by atoms with E-state index in [0.29, 0.717) is 12.3 Å².